The third-order valence-corrected chi connectivity index (χ3v) is 4.42. The summed E-state index contributed by atoms with van der Waals surface area (Å²) in [5.41, 5.74) is 8.72. The van der Waals surface area contributed by atoms with Crippen LogP contribution in [0, 0.1) is 0 Å². The van der Waals surface area contributed by atoms with Crippen LogP contribution in [0.15, 0.2) is 24.3 Å². The van der Waals surface area contributed by atoms with E-state index in [1.54, 1.807) is 0 Å². The molecule has 2 radical (unpaired) electrons. The van der Waals surface area contributed by atoms with Gasteiger partial charge in [0.2, 0.25) is 23.6 Å². The molecule has 160 valence electrons. The summed E-state index contributed by atoms with van der Waals surface area (Å²) in [6, 6.07) is 7.70. The second-order valence-electron chi connectivity index (χ2n) is 6.94. The predicted octanol–water partition coefficient (Wildman–Crippen LogP) is 0.786. The maximum absolute atomic E-state index is 11.2. The number of aromatic nitrogens is 4. The van der Waals surface area contributed by atoms with Crippen molar-refractivity contribution in [1.29, 1.82) is 0 Å². The monoisotopic (exact) mass is 421 g/mol. The number of nitrogens with zero attached hydrogens (tertiary/aromatic N) is 3. The van der Waals surface area contributed by atoms with Crippen molar-refractivity contribution in [3.63, 3.8) is 0 Å². The number of rotatable bonds is 10. The molecule has 2 heterocycles. The Balaban J connectivity index is 1.62. The van der Waals surface area contributed by atoms with Gasteiger partial charge in [0.25, 0.3) is 0 Å². The number of carbonyl (C=O) groups is 2. The number of aromatic amines is 1. The van der Waals surface area contributed by atoms with E-state index in [9.17, 15) is 9.59 Å². The van der Waals surface area contributed by atoms with Crippen LogP contribution in [0.4, 0.5) is 5.95 Å². The average Bonchev–Trinajstić information content (AvgIpc) is 3.16. The van der Waals surface area contributed by atoms with E-state index in [1.165, 1.54) is 6.92 Å². The third-order valence-electron chi connectivity index (χ3n) is 4.42. The summed E-state index contributed by atoms with van der Waals surface area (Å²) in [6.45, 7) is 2.75. The lowest BCUT2D eigenvalue weighted by molar-refractivity contribution is -0.119. The molecule has 0 aliphatic rings. The largest absolute Gasteiger partial charge is 0.471 e. The van der Waals surface area contributed by atoms with Gasteiger partial charge in [-0.3, -0.25) is 9.59 Å². The zero-order valence-electron chi connectivity index (χ0n) is 17.3. The van der Waals surface area contributed by atoms with Crippen molar-refractivity contribution >= 4 is 36.8 Å². The molecule has 3 rings (SSSR count). The van der Waals surface area contributed by atoms with Gasteiger partial charge in [0.05, 0.1) is 7.85 Å². The van der Waals surface area contributed by atoms with Gasteiger partial charge in [-0.15, -0.1) is 0 Å². The smallest absolute Gasteiger partial charge is 0.245 e. The average molecular weight is 421 g/mol. The number of nitrogen functional groups attached to an aromatic ring is 1. The SMILES string of the molecule is [B]CC(=O)NCCCc1nc2nc(N)nc(OCc3ccc(CNC(C)=O)cc3)c2[nH]1. The molecule has 11 heteroatoms. The van der Waals surface area contributed by atoms with Gasteiger partial charge in [-0.05, 0) is 23.9 Å². The maximum Gasteiger partial charge on any atom is 0.245 e. The molecular weight excluding hydrogens is 397 g/mol. The summed E-state index contributed by atoms with van der Waals surface area (Å²) >= 11 is 0. The van der Waals surface area contributed by atoms with Crippen LogP contribution in [-0.2, 0) is 29.2 Å². The summed E-state index contributed by atoms with van der Waals surface area (Å²) in [5.74, 6) is 0.824. The lowest BCUT2D eigenvalue weighted by Gasteiger charge is -2.08. The van der Waals surface area contributed by atoms with Crippen molar-refractivity contribution in [1.82, 2.24) is 30.6 Å². The first-order valence-electron chi connectivity index (χ1n) is 9.88. The molecule has 0 fully saturated rings. The molecule has 0 aliphatic carbocycles. The van der Waals surface area contributed by atoms with Crippen LogP contribution >= 0.6 is 0 Å². The number of anilines is 1. The molecule has 10 nitrogen and oxygen atoms in total. The van der Waals surface area contributed by atoms with Crippen LogP contribution in [-0.4, -0.2) is 46.1 Å². The summed E-state index contributed by atoms with van der Waals surface area (Å²) < 4.78 is 5.87. The fourth-order valence-corrected chi connectivity index (χ4v) is 2.85. The van der Waals surface area contributed by atoms with Crippen molar-refractivity contribution in [2.24, 2.45) is 0 Å². The first-order valence-corrected chi connectivity index (χ1v) is 9.88. The minimum atomic E-state index is -0.193. The van der Waals surface area contributed by atoms with Gasteiger partial charge in [0.1, 0.15) is 17.9 Å². The lowest BCUT2D eigenvalue weighted by atomic mass is 10.1. The van der Waals surface area contributed by atoms with E-state index in [2.05, 4.69) is 30.6 Å². The Hall–Kier alpha value is -3.63. The first kappa shape index (κ1) is 22.1. The quantitative estimate of drug-likeness (QED) is 0.279. The molecule has 0 unspecified atom stereocenters. The van der Waals surface area contributed by atoms with Crippen LogP contribution in [0.2, 0.25) is 6.32 Å². The Morgan fingerprint density at radius 2 is 1.87 bits per heavy atom. The fraction of sp³-hybridized carbons (Fsp3) is 0.350. The molecule has 0 saturated heterocycles. The number of hydrogen-bond donors (Lipinski definition) is 4. The Kier molecular flexibility index (Phi) is 7.42. The third kappa shape index (κ3) is 6.43. The molecule has 2 amide bonds. The number of nitrogens with one attached hydrogen (secondary N) is 3. The Morgan fingerprint density at radius 1 is 1.13 bits per heavy atom. The molecule has 0 aliphatic heterocycles. The van der Waals surface area contributed by atoms with Crippen molar-refractivity contribution in [2.75, 3.05) is 12.3 Å². The number of H-pyrrole nitrogens is 1. The molecule has 3 aromatic rings. The molecular formula is C20H24BN7O3. The molecule has 0 spiro atoms. The highest BCUT2D eigenvalue weighted by molar-refractivity contribution is 6.19. The van der Waals surface area contributed by atoms with Gasteiger partial charge in [-0.1, -0.05) is 24.3 Å². The number of aryl methyl sites for hydroxylation is 1. The number of nitrogens with two attached hydrogens (primary N) is 1. The summed E-state index contributed by atoms with van der Waals surface area (Å²) in [5, 5.41) is 5.47. The number of amides is 2. The zero-order chi connectivity index (χ0) is 22.2. The van der Waals surface area contributed by atoms with Crippen LogP contribution in [0.3, 0.4) is 0 Å². The van der Waals surface area contributed by atoms with E-state index in [0.717, 1.165) is 11.1 Å². The summed E-state index contributed by atoms with van der Waals surface area (Å²) in [4.78, 5) is 38.1. The van der Waals surface area contributed by atoms with Crippen LogP contribution < -0.4 is 21.1 Å². The molecule has 0 bridgehead atoms. The molecule has 0 atom stereocenters. The second kappa shape index (κ2) is 10.4. The second-order valence-corrected chi connectivity index (χ2v) is 6.94. The predicted molar refractivity (Wildman–Crippen MR) is 116 cm³/mol. The van der Waals surface area contributed by atoms with Gasteiger partial charge in [0.15, 0.2) is 5.65 Å². The minimum Gasteiger partial charge on any atom is -0.471 e. The number of imidazole rings is 1. The highest BCUT2D eigenvalue weighted by Crippen LogP contribution is 2.22. The molecule has 2 aromatic heterocycles. The lowest BCUT2D eigenvalue weighted by Crippen LogP contribution is -2.23. The van der Waals surface area contributed by atoms with E-state index < -0.39 is 0 Å². The number of ether oxygens (including phenoxy) is 1. The minimum absolute atomic E-state index is 0.0295. The van der Waals surface area contributed by atoms with Crippen LogP contribution in [0.1, 0.15) is 30.3 Å². The standard InChI is InChI=1S/C20H24BN7O3/c1-12(29)24-10-13-4-6-14(7-5-13)11-31-19-17-18(27-20(22)28-19)26-15(25-17)3-2-8-23-16(30)9-21/h4-7H,2-3,8-11H2,1H3,(H,23,30)(H,24,29)(H3,22,25,26,27,28). The molecule has 5 N–H and O–H groups in total. The van der Waals surface area contributed by atoms with Gasteiger partial charge in [-0.25, -0.2) is 4.98 Å². The van der Waals surface area contributed by atoms with Gasteiger partial charge in [-0.2, -0.15) is 9.97 Å². The van der Waals surface area contributed by atoms with Crippen molar-refractivity contribution in [3.8, 4) is 5.88 Å². The van der Waals surface area contributed by atoms with Gasteiger partial charge < -0.3 is 26.1 Å². The summed E-state index contributed by atoms with van der Waals surface area (Å²) in [6.07, 6.45) is 1.27. The topological polar surface area (TPSA) is 148 Å². The highest BCUT2D eigenvalue weighted by Gasteiger charge is 2.13. The molecule has 0 saturated carbocycles. The van der Waals surface area contributed by atoms with Crippen LogP contribution in [0.25, 0.3) is 11.2 Å². The zero-order valence-corrected chi connectivity index (χ0v) is 17.3. The van der Waals surface area contributed by atoms with E-state index in [-0.39, 0.29) is 30.7 Å². The number of hydrogen-bond acceptors (Lipinski definition) is 7. The van der Waals surface area contributed by atoms with Crippen molar-refractivity contribution in [2.45, 2.75) is 39.2 Å². The van der Waals surface area contributed by atoms with E-state index in [4.69, 9.17) is 18.3 Å². The fourth-order valence-electron chi connectivity index (χ4n) is 2.85. The Labute approximate surface area is 180 Å². The Morgan fingerprint density at radius 3 is 2.58 bits per heavy atom. The highest BCUT2D eigenvalue weighted by atomic mass is 16.5. The van der Waals surface area contributed by atoms with Crippen LogP contribution in [0.5, 0.6) is 5.88 Å². The van der Waals surface area contributed by atoms with Crippen molar-refractivity contribution in [3.05, 3.63) is 41.2 Å². The Bertz CT molecular complexity index is 1050. The van der Waals surface area contributed by atoms with E-state index in [1.807, 2.05) is 24.3 Å². The first-order chi connectivity index (χ1) is 14.9. The van der Waals surface area contributed by atoms with Gasteiger partial charge >= 0.3 is 0 Å². The van der Waals surface area contributed by atoms with E-state index in [0.29, 0.717) is 48.8 Å². The summed E-state index contributed by atoms with van der Waals surface area (Å²) in [7, 11) is 5.26. The number of carbonyl (C=O) groups excluding carboxylic acids is 2. The number of benzene rings is 1. The normalized spacial score (nSPS) is 10.7. The molecule has 31 heavy (non-hydrogen) atoms. The van der Waals surface area contributed by atoms with E-state index >= 15 is 0 Å². The molecule has 1 aromatic carbocycles. The van der Waals surface area contributed by atoms with Crippen molar-refractivity contribution < 1.29 is 14.3 Å². The number of fused-ring (bicyclic) bond motifs is 1. The van der Waals surface area contributed by atoms with Gasteiger partial charge in [0, 0.05) is 26.4 Å². The maximum atomic E-state index is 11.2.